The Morgan fingerprint density at radius 3 is 2.94 bits per heavy atom. The van der Waals surface area contributed by atoms with Crippen molar-refractivity contribution >= 4 is 11.6 Å². The van der Waals surface area contributed by atoms with Gasteiger partial charge in [0.1, 0.15) is 0 Å². The van der Waals surface area contributed by atoms with Crippen LogP contribution >= 0.6 is 11.6 Å². The van der Waals surface area contributed by atoms with Gasteiger partial charge in [-0.15, -0.1) is 0 Å². The molecule has 1 N–H and O–H groups in total. The van der Waals surface area contributed by atoms with Gasteiger partial charge in [0.2, 0.25) is 0 Å². The molecule has 0 bridgehead atoms. The molecule has 2 rings (SSSR count). The second-order valence-electron chi connectivity index (χ2n) is 4.79. The van der Waals surface area contributed by atoms with Gasteiger partial charge >= 0.3 is 0 Å². The lowest BCUT2D eigenvalue weighted by atomic mass is 10.00. The highest BCUT2D eigenvalue weighted by Gasteiger charge is 2.22. The van der Waals surface area contributed by atoms with Gasteiger partial charge in [-0.2, -0.15) is 0 Å². The van der Waals surface area contributed by atoms with Crippen LogP contribution in [-0.2, 0) is 4.74 Å². The van der Waals surface area contributed by atoms with Crippen LogP contribution in [0, 0.1) is 5.92 Å². The van der Waals surface area contributed by atoms with E-state index in [4.69, 9.17) is 16.3 Å². The Morgan fingerprint density at radius 1 is 1.47 bits per heavy atom. The van der Waals surface area contributed by atoms with Crippen molar-refractivity contribution in [3.63, 3.8) is 0 Å². The number of ether oxygens (including phenoxy) is 1. The van der Waals surface area contributed by atoms with Crippen molar-refractivity contribution in [1.82, 2.24) is 5.32 Å². The van der Waals surface area contributed by atoms with Crippen molar-refractivity contribution in [3.05, 3.63) is 34.9 Å². The second kappa shape index (κ2) is 6.39. The minimum atomic E-state index is 0.387. The van der Waals surface area contributed by atoms with E-state index in [2.05, 4.69) is 11.4 Å². The largest absolute Gasteiger partial charge is 0.380 e. The highest BCUT2D eigenvalue weighted by atomic mass is 35.5. The summed E-state index contributed by atoms with van der Waals surface area (Å²) in [6, 6.07) is 8.06. The molecule has 0 radical (unpaired) electrons. The molecule has 1 fully saturated rings. The topological polar surface area (TPSA) is 21.3 Å². The van der Waals surface area contributed by atoms with Crippen LogP contribution in [0.2, 0.25) is 5.02 Å². The smallest absolute Gasteiger partial charge is 0.0547 e. The molecule has 0 saturated heterocycles. The van der Waals surface area contributed by atoms with Crippen LogP contribution in [0.15, 0.2) is 24.3 Å². The molecule has 0 amide bonds. The Kier molecular flexibility index (Phi) is 4.84. The SMILES string of the molecule is CNCC(COCC1CC1)c1cccc(Cl)c1. The number of nitrogens with one attached hydrogen (secondary N) is 1. The fraction of sp³-hybridized carbons (Fsp3) is 0.571. The minimum absolute atomic E-state index is 0.387. The number of hydrogen-bond donors (Lipinski definition) is 1. The molecule has 0 aliphatic heterocycles. The summed E-state index contributed by atoms with van der Waals surface area (Å²) in [5, 5.41) is 4.01. The van der Waals surface area contributed by atoms with Crippen molar-refractivity contribution < 1.29 is 4.74 Å². The lowest BCUT2D eigenvalue weighted by Gasteiger charge is -2.17. The van der Waals surface area contributed by atoms with Crippen LogP contribution in [0.5, 0.6) is 0 Å². The van der Waals surface area contributed by atoms with Crippen molar-refractivity contribution in [2.24, 2.45) is 5.92 Å². The number of rotatable bonds is 7. The molecule has 94 valence electrons. The van der Waals surface area contributed by atoms with Gasteiger partial charge in [0.05, 0.1) is 6.61 Å². The highest BCUT2D eigenvalue weighted by Crippen LogP contribution is 2.29. The maximum absolute atomic E-state index is 6.02. The first-order valence-electron chi connectivity index (χ1n) is 6.27. The number of benzene rings is 1. The average molecular weight is 254 g/mol. The van der Waals surface area contributed by atoms with E-state index < -0.39 is 0 Å². The lowest BCUT2D eigenvalue weighted by Crippen LogP contribution is -2.22. The molecule has 0 heterocycles. The van der Waals surface area contributed by atoms with Crippen molar-refractivity contribution in [2.75, 3.05) is 26.8 Å². The lowest BCUT2D eigenvalue weighted by molar-refractivity contribution is 0.111. The molecular formula is C14H20ClNO. The summed E-state index contributed by atoms with van der Waals surface area (Å²) in [6.07, 6.45) is 2.68. The molecule has 17 heavy (non-hydrogen) atoms. The summed E-state index contributed by atoms with van der Waals surface area (Å²) in [4.78, 5) is 0. The second-order valence-corrected chi connectivity index (χ2v) is 5.23. The predicted molar refractivity (Wildman–Crippen MR) is 71.7 cm³/mol. The Morgan fingerprint density at radius 2 is 2.29 bits per heavy atom. The van der Waals surface area contributed by atoms with Gasteiger partial charge < -0.3 is 10.1 Å². The molecule has 1 aliphatic carbocycles. The molecule has 1 aromatic rings. The Labute approximate surface area is 108 Å². The summed E-state index contributed by atoms with van der Waals surface area (Å²) < 4.78 is 5.78. The quantitative estimate of drug-likeness (QED) is 0.807. The van der Waals surface area contributed by atoms with Gasteiger partial charge in [0.15, 0.2) is 0 Å². The van der Waals surface area contributed by atoms with Gasteiger partial charge in [-0.1, -0.05) is 23.7 Å². The van der Waals surface area contributed by atoms with E-state index in [1.165, 1.54) is 18.4 Å². The minimum Gasteiger partial charge on any atom is -0.380 e. The van der Waals surface area contributed by atoms with Gasteiger partial charge in [-0.3, -0.25) is 0 Å². The Bertz CT molecular complexity index is 352. The number of likely N-dealkylation sites (N-methyl/N-ethyl adjacent to an activating group) is 1. The zero-order valence-corrected chi connectivity index (χ0v) is 11.0. The van der Waals surface area contributed by atoms with E-state index in [1.807, 2.05) is 25.2 Å². The van der Waals surface area contributed by atoms with Crippen LogP contribution in [0.25, 0.3) is 0 Å². The third kappa shape index (κ3) is 4.30. The molecule has 1 unspecified atom stereocenters. The standard InChI is InChI=1S/C14H20ClNO/c1-16-8-13(10-17-9-11-5-6-11)12-3-2-4-14(15)7-12/h2-4,7,11,13,16H,5-6,8-10H2,1H3. The summed E-state index contributed by atoms with van der Waals surface area (Å²) >= 11 is 6.02. The first kappa shape index (κ1) is 12.9. The molecule has 1 aromatic carbocycles. The first-order chi connectivity index (χ1) is 8.29. The fourth-order valence-electron chi connectivity index (χ4n) is 1.94. The average Bonchev–Trinajstić information content (AvgIpc) is 3.12. The molecular weight excluding hydrogens is 234 g/mol. The van der Waals surface area contributed by atoms with Gasteiger partial charge in [0, 0.05) is 24.1 Å². The third-order valence-electron chi connectivity index (χ3n) is 3.14. The van der Waals surface area contributed by atoms with Gasteiger partial charge in [-0.05, 0) is 43.5 Å². The van der Waals surface area contributed by atoms with Crippen LogP contribution in [0.3, 0.4) is 0 Å². The summed E-state index contributed by atoms with van der Waals surface area (Å²) in [5.41, 5.74) is 1.25. The van der Waals surface area contributed by atoms with Crippen molar-refractivity contribution in [3.8, 4) is 0 Å². The van der Waals surface area contributed by atoms with E-state index >= 15 is 0 Å². The predicted octanol–water partition coefficient (Wildman–Crippen LogP) is 3.07. The van der Waals surface area contributed by atoms with E-state index in [0.717, 1.165) is 30.7 Å². The molecule has 0 spiro atoms. The molecule has 1 aliphatic rings. The normalized spacial score (nSPS) is 17.1. The first-order valence-corrected chi connectivity index (χ1v) is 6.65. The van der Waals surface area contributed by atoms with E-state index in [0.29, 0.717) is 5.92 Å². The summed E-state index contributed by atoms with van der Waals surface area (Å²) in [5.74, 6) is 1.21. The van der Waals surface area contributed by atoms with Crippen LogP contribution in [0.1, 0.15) is 24.3 Å². The fourth-order valence-corrected chi connectivity index (χ4v) is 2.14. The zero-order valence-electron chi connectivity index (χ0n) is 10.3. The molecule has 0 aromatic heterocycles. The Balaban J connectivity index is 1.89. The van der Waals surface area contributed by atoms with Crippen LogP contribution in [0.4, 0.5) is 0 Å². The monoisotopic (exact) mass is 253 g/mol. The molecule has 1 saturated carbocycles. The zero-order chi connectivity index (χ0) is 12.1. The molecule has 2 nitrogen and oxygen atoms in total. The number of halogens is 1. The van der Waals surface area contributed by atoms with Crippen molar-refractivity contribution in [1.29, 1.82) is 0 Å². The van der Waals surface area contributed by atoms with E-state index in [9.17, 15) is 0 Å². The van der Waals surface area contributed by atoms with E-state index in [1.54, 1.807) is 0 Å². The Hall–Kier alpha value is -0.570. The third-order valence-corrected chi connectivity index (χ3v) is 3.38. The van der Waals surface area contributed by atoms with Gasteiger partial charge in [-0.25, -0.2) is 0 Å². The number of hydrogen-bond acceptors (Lipinski definition) is 2. The van der Waals surface area contributed by atoms with Crippen LogP contribution < -0.4 is 5.32 Å². The maximum atomic E-state index is 6.02. The van der Waals surface area contributed by atoms with Crippen LogP contribution in [-0.4, -0.2) is 26.8 Å². The van der Waals surface area contributed by atoms with Gasteiger partial charge in [0.25, 0.3) is 0 Å². The molecule has 1 atom stereocenters. The highest BCUT2D eigenvalue weighted by molar-refractivity contribution is 6.30. The summed E-state index contributed by atoms with van der Waals surface area (Å²) in [7, 11) is 1.97. The molecule has 3 heteroatoms. The van der Waals surface area contributed by atoms with Crippen molar-refractivity contribution in [2.45, 2.75) is 18.8 Å². The van der Waals surface area contributed by atoms with E-state index in [-0.39, 0.29) is 0 Å². The summed E-state index contributed by atoms with van der Waals surface area (Å²) in [6.45, 7) is 2.61. The maximum Gasteiger partial charge on any atom is 0.0547 e.